The highest BCUT2D eigenvalue weighted by atomic mass is 19.1. The Morgan fingerprint density at radius 3 is 2.44 bits per heavy atom. The summed E-state index contributed by atoms with van der Waals surface area (Å²) in [6.07, 6.45) is 7.79. The minimum Gasteiger partial charge on any atom is -0.368 e. The molecule has 36 heavy (non-hydrogen) atoms. The SMILES string of the molecule is O=C1CCC(N2Cc3c(cccc3N(CCC3CC3)C3CCC(NC(CF)CF)CC3)C2=O)C(=O)N1. The van der Waals surface area contributed by atoms with Crippen LogP contribution in [0.1, 0.15) is 73.7 Å². The molecular formula is C27H36F2N4O3. The Balaban J connectivity index is 1.34. The predicted octanol–water partition coefficient (Wildman–Crippen LogP) is 3.26. The van der Waals surface area contributed by atoms with Crippen molar-refractivity contribution >= 4 is 23.4 Å². The number of anilines is 1. The van der Waals surface area contributed by atoms with Crippen LogP contribution in [0.3, 0.4) is 0 Å². The molecule has 1 atom stereocenters. The second kappa shape index (κ2) is 10.8. The molecule has 5 rings (SSSR count). The number of hydrogen-bond donors (Lipinski definition) is 2. The first kappa shape index (κ1) is 25.1. The van der Waals surface area contributed by atoms with Crippen molar-refractivity contribution < 1.29 is 23.2 Å². The summed E-state index contributed by atoms with van der Waals surface area (Å²) in [7, 11) is 0. The van der Waals surface area contributed by atoms with Crippen LogP contribution in [0.25, 0.3) is 0 Å². The van der Waals surface area contributed by atoms with Crippen LogP contribution in [0.5, 0.6) is 0 Å². The van der Waals surface area contributed by atoms with Gasteiger partial charge in [0, 0.05) is 48.4 Å². The summed E-state index contributed by atoms with van der Waals surface area (Å²) in [6.45, 7) is -0.119. The Morgan fingerprint density at radius 1 is 1.03 bits per heavy atom. The predicted molar refractivity (Wildman–Crippen MR) is 132 cm³/mol. The normalized spacial score (nSPS) is 26.4. The van der Waals surface area contributed by atoms with Crippen molar-refractivity contribution in [1.82, 2.24) is 15.5 Å². The van der Waals surface area contributed by atoms with E-state index in [-0.39, 0.29) is 24.3 Å². The molecule has 0 bridgehead atoms. The van der Waals surface area contributed by atoms with Gasteiger partial charge in [0.15, 0.2) is 0 Å². The van der Waals surface area contributed by atoms with E-state index in [1.165, 1.54) is 12.8 Å². The van der Waals surface area contributed by atoms with Crippen molar-refractivity contribution in [2.45, 2.75) is 88.5 Å². The van der Waals surface area contributed by atoms with E-state index in [1.807, 2.05) is 12.1 Å². The summed E-state index contributed by atoms with van der Waals surface area (Å²) >= 11 is 0. The van der Waals surface area contributed by atoms with Crippen LogP contribution in [0.2, 0.25) is 0 Å². The number of alkyl halides is 2. The van der Waals surface area contributed by atoms with Gasteiger partial charge in [0.25, 0.3) is 5.91 Å². The number of piperidine rings is 1. The van der Waals surface area contributed by atoms with Gasteiger partial charge in [0.2, 0.25) is 11.8 Å². The first-order chi connectivity index (χ1) is 17.5. The Kier molecular flexibility index (Phi) is 7.55. The van der Waals surface area contributed by atoms with Gasteiger partial charge in [0.1, 0.15) is 19.4 Å². The first-order valence-electron chi connectivity index (χ1n) is 13.4. The van der Waals surface area contributed by atoms with E-state index in [1.54, 1.807) is 4.90 Å². The number of amides is 3. The number of carbonyl (C=O) groups excluding carboxylic acids is 3. The van der Waals surface area contributed by atoms with Gasteiger partial charge in [0.05, 0.1) is 6.04 Å². The van der Waals surface area contributed by atoms with Crippen molar-refractivity contribution in [1.29, 1.82) is 0 Å². The highest BCUT2D eigenvalue weighted by molar-refractivity contribution is 6.06. The molecule has 0 aromatic heterocycles. The fraction of sp³-hybridized carbons (Fsp3) is 0.667. The highest BCUT2D eigenvalue weighted by Gasteiger charge is 2.41. The summed E-state index contributed by atoms with van der Waals surface area (Å²) in [5, 5.41) is 5.50. The van der Waals surface area contributed by atoms with Gasteiger partial charge in [-0.25, -0.2) is 8.78 Å². The molecule has 196 valence electrons. The number of halogens is 2. The molecular weight excluding hydrogens is 466 g/mol. The molecule has 2 heterocycles. The Bertz CT molecular complexity index is 989. The monoisotopic (exact) mass is 502 g/mol. The second-order valence-corrected chi connectivity index (χ2v) is 10.8. The largest absolute Gasteiger partial charge is 0.368 e. The third-order valence-corrected chi connectivity index (χ3v) is 8.32. The molecule has 1 saturated heterocycles. The molecule has 2 aliphatic heterocycles. The fourth-order valence-electron chi connectivity index (χ4n) is 6.08. The Morgan fingerprint density at radius 2 is 1.78 bits per heavy atom. The van der Waals surface area contributed by atoms with Crippen molar-refractivity contribution in [2.24, 2.45) is 5.92 Å². The maximum absolute atomic E-state index is 13.3. The Hall–Kier alpha value is -2.55. The number of benzene rings is 1. The lowest BCUT2D eigenvalue weighted by atomic mass is 9.88. The third kappa shape index (κ3) is 5.26. The van der Waals surface area contributed by atoms with Gasteiger partial charge in [-0.05, 0) is 56.6 Å². The van der Waals surface area contributed by atoms with Crippen LogP contribution in [-0.4, -0.2) is 66.7 Å². The Labute approximate surface area is 211 Å². The van der Waals surface area contributed by atoms with Crippen LogP contribution in [-0.2, 0) is 16.1 Å². The third-order valence-electron chi connectivity index (χ3n) is 8.32. The molecule has 2 aliphatic carbocycles. The lowest BCUT2D eigenvalue weighted by Gasteiger charge is -2.40. The quantitative estimate of drug-likeness (QED) is 0.480. The van der Waals surface area contributed by atoms with Crippen molar-refractivity contribution in [2.75, 3.05) is 24.8 Å². The molecule has 2 saturated carbocycles. The van der Waals surface area contributed by atoms with Crippen LogP contribution in [0.15, 0.2) is 18.2 Å². The lowest BCUT2D eigenvalue weighted by Crippen LogP contribution is -2.52. The molecule has 3 amide bonds. The van der Waals surface area contributed by atoms with Crippen molar-refractivity contribution in [3.8, 4) is 0 Å². The number of nitrogens with zero attached hydrogens (tertiary/aromatic N) is 2. The molecule has 7 nitrogen and oxygen atoms in total. The van der Waals surface area contributed by atoms with Gasteiger partial charge in [-0.1, -0.05) is 18.9 Å². The molecule has 1 unspecified atom stereocenters. The zero-order valence-corrected chi connectivity index (χ0v) is 20.7. The number of rotatable bonds is 10. The van der Waals surface area contributed by atoms with E-state index >= 15 is 0 Å². The molecule has 1 aromatic rings. The topological polar surface area (TPSA) is 81.8 Å². The van der Waals surface area contributed by atoms with E-state index in [0.29, 0.717) is 24.6 Å². The number of imide groups is 1. The summed E-state index contributed by atoms with van der Waals surface area (Å²) in [5.74, 6) is -0.0781. The van der Waals surface area contributed by atoms with E-state index in [4.69, 9.17) is 0 Å². The maximum atomic E-state index is 13.3. The van der Waals surface area contributed by atoms with E-state index in [0.717, 1.165) is 55.8 Å². The molecule has 3 fully saturated rings. The van der Waals surface area contributed by atoms with Gasteiger partial charge in [-0.15, -0.1) is 0 Å². The van der Waals surface area contributed by atoms with Crippen LogP contribution >= 0.6 is 0 Å². The number of carbonyl (C=O) groups is 3. The van der Waals surface area contributed by atoms with E-state index < -0.39 is 31.3 Å². The number of nitrogens with one attached hydrogen (secondary N) is 2. The number of hydrogen-bond acceptors (Lipinski definition) is 5. The fourth-order valence-corrected chi connectivity index (χ4v) is 6.08. The van der Waals surface area contributed by atoms with Crippen molar-refractivity contribution in [3.63, 3.8) is 0 Å². The summed E-state index contributed by atoms with van der Waals surface area (Å²) in [6, 6.07) is 4.90. The van der Waals surface area contributed by atoms with Gasteiger partial charge in [-0.3, -0.25) is 19.7 Å². The zero-order valence-electron chi connectivity index (χ0n) is 20.7. The number of fused-ring (bicyclic) bond motifs is 1. The molecule has 0 spiro atoms. The minimum absolute atomic E-state index is 0.120. The summed E-state index contributed by atoms with van der Waals surface area (Å²) < 4.78 is 26.0. The van der Waals surface area contributed by atoms with Gasteiger partial charge < -0.3 is 15.1 Å². The van der Waals surface area contributed by atoms with Crippen LogP contribution in [0.4, 0.5) is 14.5 Å². The summed E-state index contributed by atoms with van der Waals surface area (Å²) in [4.78, 5) is 41.5. The molecule has 2 N–H and O–H groups in total. The average Bonchev–Trinajstić information content (AvgIpc) is 3.66. The zero-order chi connectivity index (χ0) is 25.2. The van der Waals surface area contributed by atoms with E-state index in [2.05, 4.69) is 21.6 Å². The molecule has 0 radical (unpaired) electrons. The molecule has 1 aromatic carbocycles. The van der Waals surface area contributed by atoms with Crippen molar-refractivity contribution in [3.05, 3.63) is 29.3 Å². The lowest BCUT2D eigenvalue weighted by molar-refractivity contribution is -0.136. The van der Waals surface area contributed by atoms with E-state index in [9.17, 15) is 23.2 Å². The highest BCUT2D eigenvalue weighted by Crippen LogP contribution is 2.39. The molecule has 4 aliphatic rings. The van der Waals surface area contributed by atoms with Gasteiger partial charge >= 0.3 is 0 Å². The minimum atomic E-state index is -0.723. The molecule has 9 heteroatoms. The second-order valence-electron chi connectivity index (χ2n) is 10.8. The van der Waals surface area contributed by atoms with Crippen LogP contribution < -0.4 is 15.5 Å². The average molecular weight is 503 g/mol. The summed E-state index contributed by atoms with van der Waals surface area (Å²) in [5.41, 5.74) is 2.65. The van der Waals surface area contributed by atoms with Crippen LogP contribution in [0, 0.1) is 5.92 Å². The smallest absolute Gasteiger partial charge is 0.255 e. The first-order valence-corrected chi connectivity index (χ1v) is 13.4. The standard InChI is InChI=1S/C27H36F2N4O3/c28-14-19(15-29)30-18-6-8-20(9-7-18)32(13-12-17-4-5-17)23-3-1-2-21-22(23)16-33(27(21)36)24-10-11-25(34)31-26(24)35/h1-3,17-20,24,30H,4-16H2,(H,31,34,35). The maximum Gasteiger partial charge on any atom is 0.255 e. The van der Waals surface area contributed by atoms with Gasteiger partial charge in [-0.2, -0.15) is 0 Å².